The lowest BCUT2D eigenvalue weighted by Gasteiger charge is -2.36. The number of carbonyl (C=O) groups excluding carboxylic acids is 1. The number of benzene rings is 1. The third kappa shape index (κ3) is 2.70. The molecular formula is C16H17FN2O2S. The third-order valence-electron chi connectivity index (χ3n) is 4.09. The van der Waals surface area contributed by atoms with Crippen LogP contribution in [0.5, 0.6) is 5.88 Å². The summed E-state index contributed by atoms with van der Waals surface area (Å²) in [5.74, 6) is 0.204. The number of carbonyl (C=O) groups is 1. The maximum absolute atomic E-state index is 15.1. The molecule has 1 aromatic heterocycles. The van der Waals surface area contributed by atoms with Gasteiger partial charge < -0.3 is 9.64 Å². The van der Waals surface area contributed by atoms with Crippen LogP contribution < -0.4 is 4.74 Å². The summed E-state index contributed by atoms with van der Waals surface area (Å²) in [6, 6.07) is 9.18. The number of hydrogen-bond acceptors (Lipinski definition) is 4. The topological polar surface area (TPSA) is 42.4 Å². The van der Waals surface area contributed by atoms with Crippen molar-refractivity contribution in [3.63, 3.8) is 0 Å². The molecular weight excluding hydrogens is 303 g/mol. The smallest absolute Gasteiger partial charge is 0.260 e. The number of likely N-dealkylation sites (tertiary alicyclic amines) is 1. The van der Waals surface area contributed by atoms with Gasteiger partial charge in [-0.25, -0.2) is 4.39 Å². The molecule has 0 spiro atoms. The number of nitrogens with zero attached hydrogens (tertiary/aromatic N) is 2. The summed E-state index contributed by atoms with van der Waals surface area (Å²) in [5, 5.41) is 1.68. The van der Waals surface area contributed by atoms with Gasteiger partial charge in [0.05, 0.1) is 7.11 Å². The predicted octanol–water partition coefficient (Wildman–Crippen LogP) is 3.25. The number of rotatable bonds is 3. The van der Waals surface area contributed by atoms with Gasteiger partial charge in [-0.2, -0.15) is 4.37 Å². The fraction of sp³-hybridized carbons (Fsp3) is 0.375. The average Bonchev–Trinajstić information content (AvgIpc) is 3.04. The zero-order chi connectivity index (χ0) is 15.6. The Kier molecular flexibility index (Phi) is 4.11. The number of amides is 1. The summed E-state index contributed by atoms with van der Waals surface area (Å²) in [6.45, 7) is 0.784. The zero-order valence-corrected chi connectivity index (χ0v) is 13.1. The van der Waals surface area contributed by atoms with Gasteiger partial charge in [-0.15, -0.1) is 0 Å². The SMILES string of the molecule is COc1nscc1C(=O)N1CCC(F)(c2ccccc2)CC1. The second-order valence-corrected chi connectivity index (χ2v) is 5.99. The van der Waals surface area contributed by atoms with Gasteiger partial charge in [0.15, 0.2) is 0 Å². The molecule has 4 nitrogen and oxygen atoms in total. The Morgan fingerprint density at radius 2 is 2.00 bits per heavy atom. The van der Waals surface area contributed by atoms with Crippen LogP contribution in [0.2, 0.25) is 0 Å². The molecule has 1 aromatic carbocycles. The summed E-state index contributed by atoms with van der Waals surface area (Å²) in [7, 11) is 1.49. The average molecular weight is 320 g/mol. The molecule has 0 aliphatic carbocycles. The highest BCUT2D eigenvalue weighted by atomic mass is 32.1. The number of halogens is 1. The molecule has 0 bridgehead atoms. The van der Waals surface area contributed by atoms with E-state index in [1.807, 2.05) is 30.3 Å². The molecule has 3 rings (SSSR count). The second-order valence-electron chi connectivity index (χ2n) is 5.36. The van der Waals surface area contributed by atoms with Crippen molar-refractivity contribution in [1.29, 1.82) is 0 Å². The van der Waals surface area contributed by atoms with Crippen molar-refractivity contribution < 1.29 is 13.9 Å². The van der Waals surface area contributed by atoms with E-state index in [-0.39, 0.29) is 5.91 Å². The monoisotopic (exact) mass is 320 g/mol. The Balaban J connectivity index is 1.71. The van der Waals surface area contributed by atoms with Crippen molar-refractivity contribution in [1.82, 2.24) is 9.27 Å². The Labute approximate surface area is 132 Å². The molecule has 1 fully saturated rings. The van der Waals surface area contributed by atoms with Crippen LogP contribution in [0.25, 0.3) is 0 Å². The fourth-order valence-electron chi connectivity index (χ4n) is 2.78. The molecule has 116 valence electrons. The lowest BCUT2D eigenvalue weighted by atomic mass is 9.86. The molecule has 0 atom stereocenters. The molecule has 1 amide bonds. The molecule has 22 heavy (non-hydrogen) atoms. The van der Waals surface area contributed by atoms with Crippen molar-refractivity contribution >= 4 is 17.4 Å². The van der Waals surface area contributed by atoms with Gasteiger partial charge in [-0.05, 0) is 17.1 Å². The number of methoxy groups -OCH3 is 1. The number of aromatic nitrogens is 1. The van der Waals surface area contributed by atoms with Crippen LogP contribution >= 0.6 is 11.5 Å². The van der Waals surface area contributed by atoms with Gasteiger partial charge >= 0.3 is 0 Å². The van der Waals surface area contributed by atoms with Gasteiger partial charge in [-0.1, -0.05) is 30.3 Å². The third-order valence-corrected chi connectivity index (χ3v) is 4.71. The van der Waals surface area contributed by atoms with E-state index in [2.05, 4.69) is 4.37 Å². The van der Waals surface area contributed by atoms with Gasteiger partial charge in [0.1, 0.15) is 11.2 Å². The van der Waals surface area contributed by atoms with Crippen molar-refractivity contribution in [3.05, 3.63) is 46.8 Å². The Hall–Kier alpha value is -1.95. The Bertz CT molecular complexity index is 651. The van der Waals surface area contributed by atoms with Gasteiger partial charge in [0, 0.05) is 31.3 Å². The molecule has 2 aromatic rings. The largest absolute Gasteiger partial charge is 0.480 e. The first-order chi connectivity index (χ1) is 10.6. The lowest BCUT2D eigenvalue weighted by Crippen LogP contribution is -2.43. The lowest BCUT2D eigenvalue weighted by molar-refractivity contribution is 0.0419. The first-order valence-electron chi connectivity index (χ1n) is 7.16. The van der Waals surface area contributed by atoms with Crippen LogP contribution in [0, 0.1) is 0 Å². The van der Waals surface area contributed by atoms with E-state index in [0.717, 1.165) is 0 Å². The standard InChI is InChI=1S/C16H17FN2O2S/c1-21-14-13(11-22-18-14)15(20)19-9-7-16(17,8-10-19)12-5-3-2-4-6-12/h2-6,11H,7-10H2,1H3. The minimum Gasteiger partial charge on any atom is -0.480 e. The molecule has 1 aliphatic heterocycles. The second kappa shape index (κ2) is 6.04. The zero-order valence-electron chi connectivity index (χ0n) is 12.3. The van der Waals surface area contributed by atoms with Gasteiger partial charge in [0.2, 0.25) is 5.88 Å². The van der Waals surface area contributed by atoms with E-state index in [4.69, 9.17) is 4.74 Å². The molecule has 6 heteroatoms. The maximum Gasteiger partial charge on any atom is 0.260 e. The predicted molar refractivity (Wildman–Crippen MR) is 83.0 cm³/mol. The normalized spacial score (nSPS) is 17.3. The first kappa shape index (κ1) is 15.0. The van der Waals surface area contributed by atoms with Crippen molar-refractivity contribution in [2.24, 2.45) is 0 Å². The summed E-state index contributed by atoms with van der Waals surface area (Å²) in [6.07, 6.45) is 0.616. The van der Waals surface area contributed by atoms with E-state index in [9.17, 15) is 4.79 Å². The highest BCUT2D eigenvalue weighted by Gasteiger charge is 2.38. The van der Waals surface area contributed by atoms with Crippen LogP contribution in [0.1, 0.15) is 28.8 Å². The van der Waals surface area contributed by atoms with Crippen LogP contribution in [0.15, 0.2) is 35.7 Å². The van der Waals surface area contributed by atoms with E-state index >= 15 is 4.39 Å². The molecule has 0 N–H and O–H groups in total. The molecule has 1 saturated heterocycles. The van der Waals surface area contributed by atoms with E-state index < -0.39 is 5.67 Å². The summed E-state index contributed by atoms with van der Waals surface area (Å²) in [4.78, 5) is 14.2. The highest BCUT2D eigenvalue weighted by Crippen LogP contribution is 2.37. The summed E-state index contributed by atoms with van der Waals surface area (Å²) in [5.41, 5.74) is -0.204. The highest BCUT2D eigenvalue weighted by molar-refractivity contribution is 7.04. The van der Waals surface area contributed by atoms with Crippen LogP contribution in [0.4, 0.5) is 4.39 Å². The van der Waals surface area contributed by atoms with Crippen LogP contribution in [-0.2, 0) is 5.67 Å². The number of hydrogen-bond donors (Lipinski definition) is 0. The van der Waals surface area contributed by atoms with E-state index in [1.54, 1.807) is 10.3 Å². The Morgan fingerprint density at radius 1 is 1.32 bits per heavy atom. The minimum atomic E-state index is -1.35. The van der Waals surface area contributed by atoms with Crippen molar-refractivity contribution in [3.8, 4) is 5.88 Å². The van der Waals surface area contributed by atoms with E-state index in [1.165, 1.54) is 18.6 Å². The number of alkyl halides is 1. The fourth-order valence-corrected chi connectivity index (χ4v) is 3.40. The minimum absolute atomic E-state index is 0.138. The molecule has 0 radical (unpaired) electrons. The molecule has 2 heterocycles. The molecule has 0 saturated carbocycles. The van der Waals surface area contributed by atoms with Gasteiger partial charge in [-0.3, -0.25) is 4.79 Å². The van der Waals surface area contributed by atoms with Crippen LogP contribution in [-0.4, -0.2) is 35.4 Å². The molecule has 0 unspecified atom stereocenters. The van der Waals surface area contributed by atoms with Gasteiger partial charge in [0.25, 0.3) is 5.91 Å². The van der Waals surface area contributed by atoms with Crippen LogP contribution in [0.3, 0.4) is 0 Å². The Morgan fingerprint density at radius 3 is 2.64 bits per heavy atom. The summed E-state index contributed by atoms with van der Waals surface area (Å²) < 4.78 is 24.2. The van der Waals surface area contributed by atoms with Crippen molar-refractivity contribution in [2.75, 3.05) is 20.2 Å². The van der Waals surface area contributed by atoms with E-state index in [0.29, 0.717) is 42.9 Å². The number of ether oxygens (including phenoxy) is 1. The molecule has 1 aliphatic rings. The van der Waals surface area contributed by atoms with Crippen molar-refractivity contribution in [2.45, 2.75) is 18.5 Å². The number of piperidine rings is 1. The first-order valence-corrected chi connectivity index (χ1v) is 8.00. The maximum atomic E-state index is 15.1. The quantitative estimate of drug-likeness (QED) is 0.872. The summed E-state index contributed by atoms with van der Waals surface area (Å²) >= 11 is 1.18.